The predicted molar refractivity (Wildman–Crippen MR) is 72.5 cm³/mol. The highest BCUT2D eigenvalue weighted by molar-refractivity contribution is 9.10. The summed E-state index contributed by atoms with van der Waals surface area (Å²) in [6.07, 6.45) is 0. The zero-order chi connectivity index (χ0) is 13.1. The standard InChI is InChI=1S/C14H12BrF2N/c1-9(10-3-2-4-12(16)7-10)18-14-6-5-11(15)8-13(14)17/h2-9,18H,1H3. The minimum absolute atomic E-state index is 0.170. The Bertz CT molecular complexity index is 557. The Balaban J connectivity index is 2.18. The second kappa shape index (κ2) is 5.48. The number of hydrogen-bond acceptors (Lipinski definition) is 1. The molecule has 0 aromatic heterocycles. The molecule has 94 valence electrons. The zero-order valence-electron chi connectivity index (χ0n) is 9.75. The van der Waals surface area contributed by atoms with Crippen LogP contribution >= 0.6 is 15.9 Å². The Hall–Kier alpha value is -1.42. The average Bonchev–Trinajstić information content (AvgIpc) is 2.32. The van der Waals surface area contributed by atoms with E-state index in [-0.39, 0.29) is 17.7 Å². The molecule has 0 bridgehead atoms. The molecule has 2 rings (SSSR count). The van der Waals surface area contributed by atoms with Crippen molar-refractivity contribution >= 4 is 21.6 Å². The van der Waals surface area contributed by atoms with Gasteiger partial charge < -0.3 is 5.32 Å². The molecule has 0 amide bonds. The Morgan fingerprint density at radius 2 is 1.89 bits per heavy atom. The normalized spacial score (nSPS) is 12.2. The van der Waals surface area contributed by atoms with E-state index in [9.17, 15) is 8.78 Å². The third kappa shape index (κ3) is 3.07. The molecule has 0 fully saturated rings. The van der Waals surface area contributed by atoms with E-state index in [2.05, 4.69) is 21.2 Å². The fraction of sp³-hybridized carbons (Fsp3) is 0.143. The van der Waals surface area contributed by atoms with E-state index in [0.717, 1.165) is 5.56 Å². The molecule has 0 saturated carbocycles. The van der Waals surface area contributed by atoms with Gasteiger partial charge in [0.2, 0.25) is 0 Å². The number of nitrogens with one attached hydrogen (secondary N) is 1. The summed E-state index contributed by atoms with van der Waals surface area (Å²) in [5.41, 5.74) is 1.17. The number of hydrogen-bond donors (Lipinski definition) is 1. The van der Waals surface area contributed by atoms with Gasteiger partial charge in [0, 0.05) is 10.5 Å². The largest absolute Gasteiger partial charge is 0.376 e. The van der Waals surface area contributed by atoms with Gasteiger partial charge in [0.1, 0.15) is 11.6 Å². The summed E-state index contributed by atoms with van der Waals surface area (Å²) in [6.45, 7) is 1.86. The molecular weight excluding hydrogens is 300 g/mol. The van der Waals surface area contributed by atoms with Gasteiger partial charge >= 0.3 is 0 Å². The summed E-state index contributed by atoms with van der Waals surface area (Å²) in [6, 6.07) is 10.9. The number of halogens is 3. The highest BCUT2D eigenvalue weighted by Crippen LogP contribution is 2.24. The quantitative estimate of drug-likeness (QED) is 0.850. The number of rotatable bonds is 3. The lowest BCUT2D eigenvalue weighted by Crippen LogP contribution is -2.08. The maximum atomic E-state index is 13.6. The van der Waals surface area contributed by atoms with Gasteiger partial charge in [-0.3, -0.25) is 0 Å². The average molecular weight is 312 g/mol. The first-order valence-corrected chi connectivity index (χ1v) is 6.32. The fourth-order valence-electron chi connectivity index (χ4n) is 1.70. The van der Waals surface area contributed by atoms with Crippen LogP contribution in [0.4, 0.5) is 14.5 Å². The summed E-state index contributed by atoms with van der Waals surface area (Å²) >= 11 is 3.20. The van der Waals surface area contributed by atoms with Crippen LogP contribution in [0.25, 0.3) is 0 Å². The monoisotopic (exact) mass is 311 g/mol. The van der Waals surface area contributed by atoms with Gasteiger partial charge in [0.05, 0.1) is 5.69 Å². The summed E-state index contributed by atoms with van der Waals surface area (Å²) in [5.74, 6) is -0.634. The lowest BCUT2D eigenvalue weighted by molar-refractivity contribution is 0.620. The smallest absolute Gasteiger partial charge is 0.147 e. The van der Waals surface area contributed by atoms with Crippen LogP contribution in [0.15, 0.2) is 46.9 Å². The summed E-state index contributed by atoms with van der Waals surface area (Å²) in [5, 5.41) is 3.02. The van der Waals surface area contributed by atoms with Gasteiger partial charge in [-0.25, -0.2) is 8.78 Å². The third-order valence-corrected chi connectivity index (χ3v) is 3.15. The highest BCUT2D eigenvalue weighted by Gasteiger charge is 2.09. The van der Waals surface area contributed by atoms with Crippen molar-refractivity contribution in [2.24, 2.45) is 0 Å². The molecule has 2 aromatic rings. The minimum atomic E-state index is -0.340. The van der Waals surface area contributed by atoms with E-state index in [1.807, 2.05) is 6.92 Å². The van der Waals surface area contributed by atoms with Crippen molar-refractivity contribution in [1.82, 2.24) is 0 Å². The van der Waals surface area contributed by atoms with Crippen molar-refractivity contribution in [2.75, 3.05) is 5.32 Å². The predicted octanol–water partition coefficient (Wildman–Crippen LogP) is 4.90. The topological polar surface area (TPSA) is 12.0 Å². The molecule has 0 aliphatic carbocycles. The Kier molecular flexibility index (Phi) is 3.97. The van der Waals surface area contributed by atoms with Crippen LogP contribution in [0.5, 0.6) is 0 Å². The van der Waals surface area contributed by atoms with Crippen molar-refractivity contribution in [2.45, 2.75) is 13.0 Å². The molecule has 1 N–H and O–H groups in total. The molecule has 0 spiro atoms. The van der Waals surface area contributed by atoms with Gasteiger partial charge in [0.15, 0.2) is 0 Å². The van der Waals surface area contributed by atoms with E-state index in [0.29, 0.717) is 10.2 Å². The Labute approximate surface area is 113 Å². The van der Waals surface area contributed by atoms with Crippen LogP contribution in [0.1, 0.15) is 18.5 Å². The van der Waals surface area contributed by atoms with E-state index < -0.39 is 0 Å². The molecule has 1 nitrogen and oxygen atoms in total. The number of benzene rings is 2. The lowest BCUT2D eigenvalue weighted by atomic mass is 10.1. The molecule has 0 radical (unpaired) electrons. The second-order valence-corrected chi connectivity index (χ2v) is 4.96. The molecule has 18 heavy (non-hydrogen) atoms. The van der Waals surface area contributed by atoms with Crippen LogP contribution in [-0.2, 0) is 0 Å². The molecule has 1 unspecified atom stereocenters. The summed E-state index contributed by atoms with van der Waals surface area (Å²) in [4.78, 5) is 0. The lowest BCUT2D eigenvalue weighted by Gasteiger charge is -2.16. The molecule has 0 heterocycles. The SMILES string of the molecule is CC(Nc1ccc(Br)cc1F)c1cccc(F)c1. The van der Waals surface area contributed by atoms with Gasteiger partial charge in [-0.2, -0.15) is 0 Å². The van der Waals surface area contributed by atoms with Crippen LogP contribution in [0.3, 0.4) is 0 Å². The summed E-state index contributed by atoms with van der Waals surface area (Å²) in [7, 11) is 0. The van der Waals surface area contributed by atoms with Crippen molar-refractivity contribution in [3.63, 3.8) is 0 Å². The van der Waals surface area contributed by atoms with Crippen LogP contribution in [-0.4, -0.2) is 0 Å². The summed E-state index contributed by atoms with van der Waals surface area (Å²) < 4.78 is 27.4. The van der Waals surface area contributed by atoms with E-state index in [1.165, 1.54) is 18.2 Å². The van der Waals surface area contributed by atoms with Gasteiger partial charge in [-0.05, 0) is 42.8 Å². The van der Waals surface area contributed by atoms with Crippen LogP contribution in [0.2, 0.25) is 0 Å². The maximum Gasteiger partial charge on any atom is 0.147 e. The van der Waals surface area contributed by atoms with E-state index in [4.69, 9.17) is 0 Å². The van der Waals surface area contributed by atoms with Crippen LogP contribution < -0.4 is 5.32 Å². The third-order valence-electron chi connectivity index (χ3n) is 2.65. The molecule has 0 aliphatic rings. The van der Waals surface area contributed by atoms with Crippen molar-refractivity contribution in [3.8, 4) is 0 Å². The Morgan fingerprint density at radius 3 is 2.56 bits per heavy atom. The second-order valence-electron chi connectivity index (χ2n) is 4.05. The first-order chi connectivity index (χ1) is 8.56. The van der Waals surface area contributed by atoms with Gasteiger partial charge in [-0.1, -0.05) is 28.1 Å². The maximum absolute atomic E-state index is 13.6. The van der Waals surface area contributed by atoms with Gasteiger partial charge in [-0.15, -0.1) is 0 Å². The zero-order valence-corrected chi connectivity index (χ0v) is 11.3. The van der Waals surface area contributed by atoms with E-state index in [1.54, 1.807) is 24.3 Å². The molecule has 1 atom stereocenters. The molecule has 4 heteroatoms. The van der Waals surface area contributed by atoms with Gasteiger partial charge in [0.25, 0.3) is 0 Å². The number of anilines is 1. The van der Waals surface area contributed by atoms with E-state index >= 15 is 0 Å². The molecule has 0 aliphatic heterocycles. The first kappa shape index (κ1) is 13.0. The minimum Gasteiger partial charge on any atom is -0.376 e. The molecule has 2 aromatic carbocycles. The van der Waals surface area contributed by atoms with Crippen molar-refractivity contribution < 1.29 is 8.78 Å². The fourth-order valence-corrected chi connectivity index (χ4v) is 2.03. The van der Waals surface area contributed by atoms with Crippen molar-refractivity contribution in [3.05, 3.63) is 64.1 Å². The highest BCUT2D eigenvalue weighted by atomic mass is 79.9. The molecular formula is C14H12BrF2N. The molecule has 0 saturated heterocycles. The Morgan fingerprint density at radius 1 is 1.11 bits per heavy atom. The first-order valence-electron chi connectivity index (χ1n) is 5.53. The van der Waals surface area contributed by atoms with Crippen LogP contribution in [0, 0.1) is 11.6 Å². The van der Waals surface area contributed by atoms with Crippen molar-refractivity contribution in [1.29, 1.82) is 0 Å².